The minimum absolute atomic E-state index is 0.187. The summed E-state index contributed by atoms with van der Waals surface area (Å²) in [6.45, 7) is 5.78. The van der Waals surface area contributed by atoms with Crippen LogP contribution in [0.15, 0.2) is 79.4 Å². The van der Waals surface area contributed by atoms with E-state index in [1.165, 1.54) is 6.07 Å². The molecule has 0 aliphatic heterocycles. The fourth-order valence-electron chi connectivity index (χ4n) is 3.12. The highest BCUT2D eigenvalue weighted by Gasteiger charge is 2.31. The lowest BCUT2D eigenvalue weighted by atomic mass is 10.1. The maximum atomic E-state index is 13.2. The molecule has 1 N–H and O–H groups in total. The molecule has 0 unspecified atom stereocenters. The second-order valence-electron chi connectivity index (χ2n) is 6.88. The van der Waals surface area contributed by atoms with Crippen LogP contribution in [0.2, 0.25) is 5.02 Å². The number of carbonyl (C=O) groups is 1. The molecule has 0 heterocycles. The predicted octanol–water partition coefficient (Wildman–Crippen LogP) is 7.24. The molecule has 0 radical (unpaired) electrons. The molecule has 0 atom stereocenters. The zero-order valence-corrected chi connectivity index (χ0v) is 17.5. The maximum absolute atomic E-state index is 13.2. The van der Waals surface area contributed by atoms with Gasteiger partial charge in [-0.3, -0.25) is 4.79 Å². The molecule has 7 heteroatoms. The van der Waals surface area contributed by atoms with Gasteiger partial charge in [0.1, 0.15) is 0 Å². The Morgan fingerprint density at radius 3 is 2.39 bits per heavy atom. The summed E-state index contributed by atoms with van der Waals surface area (Å²) >= 11 is 6.21. The van der Waals surface area contributed by atoms with Gasteiger partial charge in [0, 0.05) is 23.5 Å². The highest BCUT2D eigenvalue weighted by atomic mass is 35.5. The first-order chi connectivity index (χ1) is 14.7. The SMILES string of the molecule is C=CCN(c1ccc(NC(=O)c2ccccc2C)cc1)c1cc(C(F)(F)F)ccc1Cl. The summed E-state index contributed by atoms with van der Waals surface area (Å²) in [6.07, 6.45) is -2.91. The molecule has 0 aliphatic carbocycles. The van der Waals surface area contributed by atoms with E-state index in [2.05, 4.69) is 11.9 Å². The van der Waals surface area contributed by atoms with Gasteiger partial charge in [-0.1, -0.05) is 35.9 Å². The Hall–Kier alpha value is -3.25. The van der Waals surface area contributed by atoms with Crippen molar-refractivity contribution in [1.82, 2.24) is 0 Å². The summed E-state index contributed by atoms with van der Waals surface area (Å²) in [7, 11) is 0. The summed E-state index contributed by atoms with van der Waals surface area (Å²) in [5.41, 5.74) is 2.01. The number of anilines is 3. The molecule has 0 aromatic heterocycles. The number of benzene rings is 3. The van der Waals surface area contributed by atoms with E-state index in [4.69, 9.17) is 11.6 Å². The first-order valence-corrected chi connectivity index (χ1v) is 9.80. The van der Waals surface area contributed by atoms with Crippen LogP contribution in [0.1, 0.15) is 21.5 Å². The van der Waals surface area contributed by atoms with Gasteiger partial charge in [-0.25, -0.2) is 0 Å². The topological polar surface area (TPSA) is 32.3 Å². The van der Waals surface area contributed by atoms with Gasteiger partial charge in [-0.2, -0.15) is 13.2 Å². The summed E-state index contributed by atoms with van der Waals surface area (Å²) < 4.78 is 39.5. The van der Waals surface area contributed by atoms with Gasteiger partial charge in [0.2, 0.25) is 0 Å². The summed E-state index contributed by atoms with van der Waals surface area (Å²) in [6, 6.07) is 17.2. The van der Waals surface area contributed by atoms with Crippen molar-refractivity contribution in [3.8, 4) is 0 Å². The monoisotopic (exact) mass is 444 g/mol. The van der Waals surface area contributed by atoms with Gasteiger partial charge in [0.15, 0.2) is 0 Å². The second-order valence-corrected chi connectivity index (χ2v) is 7.29. The third kappa shape index (κ3) is 5.27. The fourth-order valence-corrected chi connectivity index (χ4v) is 3.34. The van der Waals surface area contributed by atoms with E-state index in [-0.39, 0.29) is 23.2 Å². The van der Waals surface area contributed by atoms with Crippen molar-refractivity contribution in [2.24, 2.45) is 0 Å². The van der Waals surface area contributed by atoms with Crippen LogP contribution in [0.5, 0.6) is 0 Å². The second kappa shape index (κ2) is 9.27. The fraction of sp³-hybridized carbons (Fsp3) is 0.125. The molecule has 3 aromatic carbocycles. The van der Waals surface area contributed by atoms with Gasteiger partial charge < -0.3 is 10.2 Å². The van der Waals surface area contributed by atoms with Gasteiger partial charge in [0.05, 0.1) is 16.3 Å². The quantitative estimate of drug-likeness (QED) is 0.406. The smallest absolute Gasteiger partial charge is 0.336 e. The molecule has 0 spiro atoms. The van der Waals surface area contributed by atoms with E-state index >= 15 is 0 Å². The summed E-state index contributed by atoms with van der Waals surface area (Å²) in [4.78, 5) is 14.1. The van der Waals surface area contributed by atoms with Crippen LogP contribution in [-0.4, -0.2) is 12.5 Å². The van der Waals surface area contributed by atoms with Crippen LogP contribution in [0, 0.1) is 6.92 Å². The first-order valence-electron chi connectivity index (χ1n) is 9.43. The van der Waals surface area contributed by atoms with Crippen molar-refractivity contribution in [3.05, 3.63) is 101 Å². The Kier molecular flexibility index (Phi) is 6.71. The lowest BCUT2D eigenvalue weighted by Gasteiger charge is -2.26. The number of rotatable bonds is 6. The molecule has 0 aliphatic rings. The molecule has 3 nitrogen and oxygen atoms in total. The van der Waals surface area contributed by atoms with Gasteiger partial charge in [-0.15, -0.1) is 6.58 Å². The van der Waals surface area contributed by atoms with Crippen molar-refractivity contribution in [2.75, 3.05) is 16.8 Å². The number of carbonyl (C=O) groups excluding carboxylic acids is 1. The minimum Gasteiger partial charge on any atom is -0.336 e. The number of amides is 1. The van der Waals surface area contributed by atoms with Gasteiger partial charge in [-0.05, 0) is 61.0 Å². The van der Waals surface area contributed by atoms with E-state index in [1.54, 1.807) is 47.4 Å². The number of aryl methyl sites for hydroxylation is 1. The zero-order valence-electron chi connectivity index (χ0n) is 16.7. The normalized spacial score (nSPS) is 11.1. The Morgan fingerprint density at radius 2 is 1.77 bits per heavy atom. The van der Waals surface area contributed by atoms with Crippen LogP contribution in [0.25, 0.3) is 0 Å². The third-order valence-corrected chi connectivity index (χ3v) is 5.02. The molecule has 3 aromatic rings. The van der Waals surface area contributed by atoms with Crippen LogP contribution < -0.4 is 10.2 Å². The van der Waals surface area contributed by atoms with Crippen molar-refractivity contribution < 1.29 is 18.0 Å². The highest BCUT2D eigenvalue weighted by molar-refractivity contribution is 6.33. The summed E-state index contributed by atoms with van der Waals surface area (Å²) in [5.74, 6) is -0.241. The number of halogens is 4. The Morgan fingerprint density at radius 1 is 1.10 bits per heavy atom. The van der Waals surface area contributed by atoms with Crippen molar-refractivity contribution in [3.63, 3.8) is 0 Å². The van der Waals surface area contributed by atoms with Crippen LogP contribution in [0.3, 0.4) is 0 Å². The standard InChI is InChI=1S/C24H20ClF3N2O/c1-3-14-30(22-15-17(24(26,27)28)8-13-21(22)25)19-11-9-18(10-12-19)29-23(31)20-7-5-4-6-16(20)2/h3-13,15H,1,14H2,2H3,(H,29,31). The minimum atomic E-state index is -4.48. The van der Waals surface area contributed by atoms with Crippen molar-refractivity contribution >= 4 is 34.6 Å². The van der Waals surface area contributed by atoms with E-state index in [1.807, 2.05) is 19.1 Å². The van der Waals surface area contributed by atoms with Gasteiger partial charge >= 0.3 is 6.18 Å². The Bertz CT molecular complexity index is 1090. The van der Waals surface area contributed by atoms with E-state index in [9.17, 15) is 18.0 Å². The van der Waals surface area contributed by atoms with Crippen LogP contribution in [-0.2, 0) is 6.18 Å². The number of hydrogen-bond donors (Lipinski definition) is 1. The molecular formula is C24H20ClF3N2O. The number of nitrogens with one attached hydrogen (secondary N) is 1. The van der Waals surface area contributed by atoms with Crippen molar-refractivity contribution in [1.29, 1.82) is 0 Å². The number of hydrogen-bond acceptors (Lipinski definition) is 2. The highest BCUT2D eigenvalue weighted by Crippen LogP contribution is 2.38. The number of nitrogens with zero attached hydrogens (tertiary/aromatic N) is 1. The Balaban J connectivity index is 1.88. The molecule has 0 bridgehead atoms. The zero-order chi connectivity index (χ0) is 22.6. The Labute approximate surface area is 183 Å². The summed E-state index contributed by atoms with van der Waals surface area (Å²) in [5, 5.41) is 3.01. The first kappa shape index (κ1) is 22.4. The lowest BCUT2D eigenvalue weighted by Crippen LogP contribution is -2.18. The number of alkyl halides is 3. The van der Waals surface area contributed by atoms with E-state index < -0.39 is 11.7 Å². The van der Waals surface area contributed by atoms with Crippen molar-refractivity contribution in [2.45, 2.75) is 13.1 Å². The molecule has 3 rings (SSSR count). The molecule has 160 valence electrons. The van der Waals surface area contributed by atoms with Gasteiger partial charge in [0.25, 0.3) is 5.91 Å². The molecular weight excluding hydrogens is 425 g/mol. The average molecular weight is 445 g/mol. The van der Waals surface area contributed by atoms with Crippen LogP contribution in [0.4, 0.5) is 30.2 Å². The van der Waals surface area contributed by atoms with Crippen LogP contribution >= 0.6 is 11.6 Å². The molecule has 0 fully saturated rings. The molecule has 0 saturated carbocycles. The molecule has 31 heavy (non-hydrogen) atoms. The molecule has 1 amide bonds. The lowest BCUT2D eigenvalue weighted by molar-refractivity contribution is -0.137. The maximum Gasteiger partial charge on any atom is 0.416 e. The third-order valence-electron chi connectivity index (χ3n) is 4.70. The largest absolute Gasteiger partial charge is 0.416 e. The molecule has 0 saturated heterocycles. The predicted molar refractivity (Wildman–Crippen MR) is 119 cm³/mol. The average Bonchev–Trinajstić information content (AvgIpc) is 2.73. The van der Waals surface area contributed by atoms with E-state index in [0.29, 0.717) is 16.9 Å². The van der Waals surface area contributed by atoms with E-state index in [0.717, 1.165) is 17.7 Å².